The van der Waals surface area contributed by atoms with Gasteiger partial charge in [-0.15, -0.1) is 0 Å². The molecule has 2 aliphatic heterocycles. The molecule has 3 rings (SSSR count). The van der Waals surface area contributed by atoms with Crippen LogP contribution >= 0.6 is 0 Å². The molecule has 3 aliphatic rings. The number of nitrogens with zero attached hydrogens (tertiary/aromatic N) is 1. The lowest BCUT2D eigenvalue weighted by Crippen LogP contribution is -2.43. The summed E-state index contributed by atoms with van der Waals surface area (Å²) in [5.41, 5.74) is 0. The van der Waals surface area contributed by atoms with Crippen LogP contribution < -0.4 is 5.32 Å². The van der Waals surface area contributed by atoms with E-state index in [4.69, 9.17) is 0 Å². The number of likely N-dealkylation sites (tertiary alicyclic amines) is 1. The molecule has 2 atom stereocenters. The van der Waals surface area contributed by atoms with Crippen molar-refractivity contribution in [2.75, 3.05) is 13.1 Å². The summed E-state index contributed by atoms with van der Waals surface area (Å²) >= 11 is 0. The van der Waals surface area contributed by atoms with Crippen LogP contribution in [-0.2, 0) is 9.59 Å². The molecule has 0 aromatic rings. The number of amides is 2. The SMILES string of the molecule is O=C1[C@@H]2CNC[C@H]2C(=O)N1C1CCCCC1. The lowest BCUT2D eigenvalue weighted by atomic mass is 9.94. The Hall–Kier alpha value is -0.900. The summed E-state index contributed by atoms with van der Waals surface area (Å²) in [7, 11) is 0. The van der Waals surface area contributed by atoms with Crippen LogP contribution in [0.2, 0.25) is 0 Å². The normalized spacial score (nSPS) is 35.9. The molecule has 0 aromatic heterocycles. The Morgan fingerprint density at radius 3 is 2.06 bits per heavy atom. The molecule has 2 amide bonds. The molecule has 0 radical (unpaired) electrons. The Kier molecular flexibility index (Phi) is 2.46. The van der Waals surface area contributed by atoms with Gasteiger partial charge in [-0.2, -0.15) is 0 Å². The molecule has 3 fully saturated rings. The van der Waals surface area contributed by atoms with E-state index in [-0.39, 0.29) is 29.7 Å². The van der Waals surface area contributed by atoms with E-state index in [1.54, 1.807) is 4.90 Å². The van der Waals surface area contributed by atoms with Crippen LogP contribution in [0.25, 0.3) is 0 Å². The zero-order valence-electron chi connectivity index (χ0n) is 9.45. The lowest BCUT2D eigenvalue weighted by Gasteiger charge is -2.30. The van der Waals surface area contributed by atoms with Crippen LogP contribution in [0.15, 0.2) is 0 Å². The van der Waals surface area contributed by atoms with Gasteiger partial charge in [-0.3, -0.25) is 14.5 Å². The zero-order valence-corrected chi connectivity index (χ0v) is 9.45. The Bertz CT molecular complexity index is 301. The second kappa shape index (κ2) is 3.84. The first-order valence-electron chi connectivity index (χ1n) is 6.36. The molecule has 4 nitrogen and oxygen atoms in total. The van der Waals surface area contributed by atoms with Crippen LogP contribution in [-0.4, -0.2) is 35.8 Å². The number of hydrogen-bond acceptors (Lipinski definition) is 3. The minimum atomic E-state index is -0.0607. The van der Waals surface area contributed by atoms with E-state index in [1.807, 2.05) is 0 Å². The van der Waals surface area contributed by atoms with Gasteiger partial charge < -0.3 is 5.32 Å². The van der Waals surface area contributed by atoms with Gasteiger partial charge in [0.1, 0.15) is 0 Å². The first-order chi connectivity index (χ1) is 7.79. The fraction of sp³-hybridized carbons (Fsp3) is 0.833. The van der Waals surface area contributed by atoms with Crippen molar-refractivity contribution in [1.82, 2.24) is 10.2 Å². The highest BCUT2D eigenvalue weighted by Gasteiger charge is 2.51. The standard InChI is InChI=1S/C12H18N2O2/c15-11-9-6-13-7-10(9)12(16)14(11)8-4-2-1-3-5-8/h8-10,13H,1-7H2/t9-,10-/m1/s1. The monoisotopic (exact) mass is 222 g/mol. The Morgan fingerprint density at radius 2 is 1.50 bits per heavy atom. The summed E-state index contributed by atoms with van der Waals surface area (Å²) in [5.74, 6) is 0.0580. The van der Waals surface area contributed by atoms with Crippen LogP contribution in [0.1, 0.15) is 32.1 Å². The van der Waals surface area contributed by atoms with Crippen LogP contribution in [0.5, 0.6) is 0 Å². The van der Waals surface area contributed by atoms with E-state index in [0.29, 0.717) is 13.1 Å². The van der Waals surface area contributed by atoms with Gasteiger partial charge >= 0.3 is 0 Å². The van der Waals surface area contributed by atoms with Crippen LogP contribution in [0.3, 0.4) is 0 Å². The van der Waals surface area contributed by atoms with Crippen molar-refractivity contribution in [2.45, 2.75) is 38.1 Å². The molecule has 1 aliphatic carbocycles. The molecule has 88 valence electrons. The van der Waals surface area contributed by atoms with Crippen molar-refractivity contribution < 1.29 is 9.59 Å². The molecule has 0 unspecified atom stereocenters. The Balaban J connectivity index is 1.80. The van der Waals surface area contributed by atoms with Gasteiger partial charge in [0.15, 0.2) is 0 Å². The number of nitrogens with one attached hydrogen (secondary N) is 1. The third kappa shape index (κ3) is 1.39. The fourth-order valence-corrected chi connectivity index (χ4v) is 3.36. The summed E-state index contributed by atoms with van der Waals surface area (Å²) < 4.78 is 0. The van der Waals surface area contributed by atoms with Crippen molar-refractivity contribution >= 4 is 11.8 Å². The first kappa shape index (κ1) is 10.3. The van der Waals surface area contributed by atoms with Gasteiger partial charge in [0.2, 0.25) is 11.8 Å². The molecular formula is C12H18N2O2. The highest BCUT2D eigenvalue weighted by atomic mass is 16.2. The first-order valence-corrected chi connectivity index (χ1v) is 6.36. The number of carbonyl (C=O) groups is 2. The number of imide groups is 1. The Labute approximate surface area is 95.4 Å². The molecule has 1 saturated carbocycles. The molecule has 2 heterocycles. The molecular weight excluding hydrogens is 204 g/mol. The summed E-state index contributed by atoms with van der Waals surface area (Å²) in [5, 5.41) is 3.14. The maximum absolute atomic E-state index is 12.2. The minimum absolute atomic E-state index is 0.0607. The predicted molar refractivity (Wildman–Crippen MR) is 58.6 cm³/mol. The van der Waals surface area contributed by atoms with Crippen molar-refractivity contribution in [3.05, 3.63) is 0 Å². The maximum atomic E-state index is 12.2. The topological polar surface area (TPSA) is 49.4 Å². The summed E-state index contributed by atoms with van der Waals surface area (Å²) in [4.78, 5) is 25.9. The number of fused-ring (bicyclic) bond motifs is 1. The molecule has 0 spiro atoms. The van der Waals surface area contributed by atoms with Crippen molar-refractivity contribution in [2.24, 2.45) is 11.8 Å². The van der Waals surface area contributed by atoms with E-state index in [0.717, 1.165) is 25.7 Å². The van der Waals surface area contributed by atoms with E-state index in [9.17, 15) is 9.59 Å². The van der Waals surface area contributed by atoms with Gasteiger partial charge in [-0.1, -0.05) is 19.3 Å². The van der Waals surface area contributed by atoms with Gasteiger partial charge in [-0.05, 0) is 12.8 Å². The van der Waals surface area contributed by atoms with Gasteiger partial charge in [-0.25, -0.2) is 0 Å². The molecule has 0 aromatic carbocycles. The smallest absolute Gasteiger partial charge is 0.234 e. The van der Waals surface area contributed by atoms with Gasteiger partial charge in [0.25, 0.3) is 0 Å². The molecule has 0 bridgehead atoms. The van der Waals surface area contributed by atoms with Crippen molar-refractivity contribution in [1.29, 1.82) is 0 Å². The summed E-state index contributed by atoms with van der Waals surface area (Å²) in [6.07, 6.45) is 5.61. The molecule has 2 saturated heterocycles. The van der Waals surface area contributed by atoms with E-state index < -0.39 is 0 Å². The highest BCUT2D eigenvalue weighted by Crippen LogP contribution is 2.34. The average Bonchev–Trinajstić information content (AvgIpc) is 2.86. The van der Waals surface area contributed by atoms with Gasteiger partial charge in [0.05, 0.1) is 11.8 Å². The molecule has 4 heteroatoms. The number of rotatable bonds is 1. The second-order valence-electron chi connectivity index (χ2n) is 5.21. The molecule has 1 N–H and O–H groups in total. The highest BCUT2D eigenvalue weighted by molar-refractivity contribution is 6.06. The third-order valence-corrected chi connectivity index (χ3v) is 4.26. The second-order valence-corrected chi connectivity index (χ2v) is 5.21. The van der Waals surface area contributed by atoms with Crippen LogP contribution in [0, 0.1) is 11.8 Å². The van der Waals surface area contributed by atoms with Crippen molar-refractivity contribution in [3.63, 3.8) is 0 Å². The van der Waals surface area contributed by atoms with Crippen molar-refractivity contribution in [3.8, 4) is 0 Å². The summed E-state index contributed by atoms with van der Waals surface area (Å²) in [6.45, 7) is 1.39. The quantitative estimate of drug-likeness (QED) is 0.658. The maximum Gasteiger partial charge on any atom is 0.234 e. The third-order valence-electron chi connectivity index (χ3n) is 4.26. The average molecular weight is 222 g/mol. The van der Waals surface area contributed by atoms with E-state index in [2.05, 4.69) is 5.32 Å². The summed E-state index contributed by atoms with van der Waals surface area (Å²) in [6, 6.07) is 0.208. The predicted octanol–water partition coefficient (Wildman–Crippen LogP) is 0.523. The molecule has 16 heavy (non-hydrogen) atoms. The fourth-order valence-electron chi connectivity index (χ4n) is 3.36. The minimum Gasteiger partial charge on any atom is -0.315 e. The lowest BCUT2D eigenvalue weighted by molar-refractivity contribution is -0.143. The van der Waals surface area contributed by atoms with Crippen LogP contribution in [0.4, 0.5) is 0 Å². The van der Waals surface area contributed by atoms with Gasteiger partial charge in [0, 0.05) is 19.1 Å². The zero-order chi connectivity index (χ0) is 11.1. The number of carbonyl (C=O) groups excluding carboxylic acids is 2. The number of hydrogen-bond donors (Lipinski definition) is 1. The van der Waals surface area contributed by atoms with E-state index >= 15 is 0 Å². The Morgan fingerprint density at radius 1 is 0.938 bits per heavy atom. The largest absolute Gasteiger partial charge is 0.315 e. The van der Waals surface area contributed by atoms with E-state index in [1.165, 1.54) is 6.42 Å².